The molecule has 0 aromatic rings. The standard InChI is InChI=1S/C60H98O6/c1-4-7-10-13-15-17-19-21-23-25-26-27-28-29-30-31-32-33-34-35-37-38-40-42-44-47-50-53-59(62)65-56-57(55-64-58(61)52-49-46-12-9-6-3)66-60(63)54-51-48-45-43-41-39-36-24-22-20-18-16-14-11-8-5-2/h7,10,15,17,21,23-24,26-27,29-30,32-33,35-37,40,42,57H,4-6,8-9,11-14,16,18-20,22,25,28,31,34,38-39,41,43-56H2,1-3H3/b10-7-,17-15-,23-21-,27-26-,30-29-,33-32-,36-24-,37-35-,42-40-. The van der Waals surface area contributed by atoms with E-state index in [2.05, 4.69) is 130 Å². The lowest BCUT2D eigenvalue weighted by atomic mass is 10.1. The fraction of sp³-hybridized carbons (Fsp3) is 0.650. The second-order valence-electron chi connectivity index (χ2n) is 17.4. The van der Waals surface area contributed by atoms with E-state index in [1.54, 1.807) is 0 Å². The number of carbonyl (C=O) groups excluding carboxylic acids is 3. The first-order valence-electron chi connectivity index (χ1n) is 26.9. The Hall–Kier alpha value is -3.93. The average molecular weight is 915 g/mol. The van der Waals surface area contributed by atoms with Crippen LogP contribution in [0.2, 0.25) is 0 Å². The molecule has 0 aromatic heterocycles. The molecule has 0 aliphatic carbocycles. The second kappa shape index (κ2) is 53.7. The Morgan fingerprint density at radius 1 is 0.318 bits per heavy atom. The van der Waals surface area contributed by atoms with Crippen molar-refractivity contribution in [3.8, 4) is 0 Å². The highest BCUT2D eigenvalue weighted by molar-refractivity contribution is 5.71. The Kier molecular flexibility index (Phi) is 50.5. The first kappa shape index (κ1) is 62.1. The molecule has 0 N–H and O–H groups in total. The number of unbranched alkanes of at least 4 members (excludes halogenated alkanes) is 18. The number of ether oxygens (including phenoxy) is 3. The number of rotatable bonds is 47. The lowest BCUT2D eigenvalue weighted by molar-refractivity contribution is -0.167. The van der Waals surface area contributed by atoms with Gasteiger partial charge in [0.2, 0.25) is 0 Å². The zero-order valence-corrected chi connectivity index (χ0v) is 42.7. The van der Waals surface area contributed by atoms with E-state index in [9.17, 15) is 14.4 Å². The van der Waals surface area contributed by atoms with Crippen LogP contribution in [0.3, 0.4) is 0 Å². The van der Waals surface area contributed by atoms with Crippen molar-refractivity contribution in [2.24, 2.45) is 0 Å². The molecule has 0 saturated heterocycles. The second-order valence-corrected chi connectivity index (χ2v) is 17.4. The molecular formula is C60H98O6. The number of carbonyl (C=O) groups is 3. The quantitative estimate of drug-likeness (QED) is 0.0262. The maximum Gasteiger partial charge on any atom is 0.306 e. The summed E-state index contributed by atoms with van der Waals surface area (Å²) in [6.07, 6.45) is 72.6. The summed E-state index contributed by atoms with van der Waals surface area (Å²) in [7, 11) is 0. The van der Waals surface area contributed by atoms with E-state index in [4.69, 9.17) is 14.2 Å². The molecule has 0 heterocycles. The number of hydrogen-bond acceptors (Lipinski definition) is 6. The minimum atomic E-state index is -0.797. The summed E-state index contributed by atoms with van der Waals surface area (Å²) in [6.45, 7) is 6.38. The highest BCUT2D eigenvalue weighted by atomic mass is 16.6. The Morgan fingerprint density at radius 2 is 0.591 bits per heavy atom. The van der Waals surface area contributed by atoms with Crippen molar-refractivity contribution in [2.45, 2.75) is 239 Å². The van der Waals surface area contributed by atoms with Crippen molar-refractivity contribution in [2.75, 3.05) is 13.2 Å². The summed E-state index contributed by atoms with van der Waals surface area (Å²) in [5.74, 6) is -0.970. The van der Waals surface area contributed by atoms with E-state index < -0.39 is 6.10 Å². The molecule has 0 fully saturated rings. The summed E-state index contributed by atoms with van der Waals surface area (Å²) < 4.78 is 16.6. The summed E-state index contributed by atoms with van der Waals surface area (Å²) in [5.41, 5.74) is 0. The van der Waals surface area contributed by atoms with Gasteiger partial charge in [0, 0.05) is 19.3 Å². The van der Waals surface area contributed by atoms with Gasteiger partial charge < -0.3 is 14.2 Å². The zero-order valence-electron chi connectivity index (χ0n) is 42.7. The maximum absolute atomic E-state index is 12.7. The Morgan fingerprint density at radius 3 is 0.970 bits per heavy atom. The van der Waals surface area contributed by atoms with Crippen LogP contribution in [0, 0.1) is 0 Å². The van der Waals surface area contributed by atoms with Crippen molar-refractivity contribution in [3.05, 3.63) is 109 Å². The minimum absolute atomic E-state index is 0.0973. The molecule has 0 aliphatic rings. The molecule has 1 unspecified atom stereocenters. The molecule has 0 rings (SSSR count). The van der Waals surface area contributed by atoms with E-state index >= 15 is 0 Å². The van der Waals surface area contributed by atoms with Gasteiger partial charge in [0.1, 0.15) is 13.2 Å². The third-order valence-electron chi connectivity index (χ3n) is 11.0. The van der Waals surface area contributed by atoms with E-state index in [0.29, 0.717) is 25.7 Å². The van der Waals surface area contributed by atoms with E-state index in [1.165, 1.54) is 57.8 Å². The molecule has 6 heteroatoms. The van der Waals surface area contributed by atoms with Gasteiger partial charge in [-0.25, -0.2) is 0 Å². The van der Waals surface area contributed by atoms with Crippen LogP contribution in [0.25, 0.3) is 0 Å². The molecule has 0 saturated carbocycles. The van der Waals surface area contributed by atoms with Crippen LogP contribution in [0.4, 0.5) is 0 Å². The van der Waals surface area contributed by atoms with Gasteiger partial charge in [-0.2, -0.15) is 0 Å². The lowest BCUT2D eigenvalue weighted by Crippen LogP contribution is -2.30. The lowest BCUT2D eigenvalue weighted by Gasteiger charge is -2.18. The molecule has 6 nitrogen and oxygen atoms in total. The third kappa shape index (κ3) is 51.1. The smallest absolute Gasteiger partial charge is 0.306 e. The van der Waals surface area contributed by atoms with Gasteiger partial charge in [-0.3, -0.25) is 14.4 Å². The molecule has 0 radical (unpaired) electrons. The van der Waals surface area contributed by atoms with Gasteiger partial charge in [-0.05, 0) is 109 Å². The highest BCUT2D eigenvalue weighted by Gasteiger charge is 2.19. The first-order chi connectivity index (χ1) is 32.5. The third-order valence-corrected chi connectivity index (χ3v) is 11.0. The summed E-state index contributed by atoms with van der Waals surface area (Å²) in [5, 5.41) is 0. The minimum Gasteiger partial charge on any atom is -0.462 e. The highest BCUT2D eigenvalue weighted by Crippen LogP contribution is 2.13. The number of esters is 3. The van der Waals surface area contributed by atoms with Crippen molar-refractivity contribution in [1.29, 1.82) is 0 Å². The molecule has 0 spiro atoms. The van der Waals surface area contributed by atoms with Crippen LogP contribution in [-0.4, -0.2) is 37.2 Å². The predicted octanol–water partition coefficient (Wildman–Crippen LogP) is 17.9. The Balaban J connectivity index is 4.25. The summed E-state index contributed by atoms with van der Waals surface area (Å²) in [6, 6.07) is 0. The van der Waals surface area contributed by atoms with E-state index in [-0.39, 0.29) is 31.1 Å². The fourth-order valence-electron chi connectivity index (χ4n) is 6.98. The van der Waals surface area contributed by atoms with Crippen LogP contribution < -0.4 is 0 Å². The predicted molar refractivity (Wildman–Crippen MR) is 283 cm³/mol. The Labute approximate surface area is 406 Å². The van der Waals surface area contributed by atoms with Gasteiger partial charge in [0.25, 0.3) is 0 Å². The fourth-order valence-corrected chi connectivity index (χ4v) is 6.98. The average Bonchev–Trinajstić information content (AvgIpc) is 3.31. The molecule has 0 aromatic carbocycles. The molecule has 1 atom stereocenters. The van der Waals surface area contributed by atoms with Gasteiger partial charge in [0.05, 0.1) is 0 Å². The van der Waals surface area contributed by atoms with Gasteiger partial charge in [-0.15, -0.1) is 0 Å². The first-order valence-corrected chi connectivity index (χ1v) is 26.9. The molecule has 374 valence electrons. The molecular weight excluding hydrogens is 817 g/mol. The van der Waals surface area contributed by atoms with Crippen LogP contribution in [0.15, 0.2) is 109 Å². The van der Waals surface area contributed by atoms with Crippen LogP contribution >= 0.6 is 0 Å². The largest absolute Gasteiger partial charge is 0.462 e. The van der Waals surface area contributed by atoms with Crippen molar-refractivity contribution < 1.29 is 28.6 Å². The normalized spacial score (nSPS) is 13.0. The topological polar surface area (TPSA) is 78.9 Å². The van der Waals surface area contributed by atoms with Crippen molar-refractivity contribution in [3.63, 3.8) is 0 Å². The maximum atomic E-state index is 12.7. The van der Waals surface area contributed by atoms with Crippen molar-refractivity contribution >= 4 is 17.9 Å². The molecule has 0 aliphatic heterocycles. The van der Waals surface area contributed by atoms with E-state index in [1.807, 2.05) is 0 Å². The zero-order chi connectivity index (χ0) is 47.9. The van der Waals surface area contributed by atoms with Crippen LogP contribution in [0.5, 0.6) is 0 Å². The van der Waals surface area contributed by atoms with Crippen molar-refractivity contribution in [1.82, 2.24) is 0 Å². The van der Waals surface area contributed by atoms with Gasteiger partial charge in [-0.1, -0.05) is 214 Å². The molecule has 66 heavy (non-hydrogen) atoms. The Bertz CT molecular complexity index is 1370. The summed E-state index contributed by atoms with van der Waals surface area (Å²) in [4.78, 5) is 37.7. The van der Waals surface area contributed by atoms with Gasteiger partial charge in [0.15, 0.2) is 6.10 Å². The monoisotopic (exact) mass is 915 g/mol. The molecule has 0 amide bonds. The van der Waals surface area contributed by atoms with E-state index in [0.717, 1.165) is 128 Å². The number of hydrogen-bond donors (Lipinski definition) is 0. The summed E-state index contributed by atoms with van der Waals surface area (Å²) >= 11 is 0. The SMILES string of the molecule is CC/C=C\C/C=C\C/C=C\C/C=C\C/C=C\C/C=C\C/C=C\C/C=C\CCCCC(=O)OCC(COC(=O)CCCCCCC)OC(=O)CCCCCCC/C=C\CCCCCCCCC. The molecule has 0 bridgehead atoms. The van der Waals surface area contributed by atoms with Crippen LogP contribution in [-0.2, 0) is 28.6 Å². The number of allylic oxidation sites excluding steroid dienone is 18. The van der Waals surface area contributed by atoms with Crippen LogP contribution in [0.1, 0.15) is 233 Å². The van der Waals surface area contributed by atoms with Gasteiger partial charge >= 0.3 is 17.9 Å².